The zero-order chi connectivity index (χ0) is 18.7. The highest BCUT2D eigenvalue weighted by molar-refractivity contribution is 6.30. The van der Waals surface area contributed by atoms with Gasteiger partial charge in [0.25, 0.3) is 5.91 Å². The minimum Gasteiger partial charge on any atom is -0.341 e. The maximum atomic E-state index is 12.6. The summed E-state index contributed by atoms with van der Waals surface area (Å²) in [4.78, 5) is 31.2. The van der Waals surface area contributed by atoms with Gasteiger partial charge in [-0.25, -0.2) is 0 Å². The van der Waals surface area contributed by atoms with Crippen LogP contribution >= 0.6 is 11.6 Å². The summed E-state index contributed by atoms with van der Waals surface area (Å²) in [6.07, 6.45) is 1.20. The van der Waals surface area contributed by atoms with Crippen molar-refractivity contribution in [2.24, 2.45) is 11.8 Å². The largest absolute Gasteiger partial charge is 0.341 e. The quantitative estimate of drug-likeness (QED) is 0.813. The van der Waals surface area contributed by atoms with E-state index in [1.165, 1.54) is 6.42 Å². The van der Waals surface area contributed by atoms with Crippen molar-refractivity contribution in [1.29, 1.82) is 0 Å². The summed E-state index contributed by atoms with van der Waals surface area (Å²) >= 11 is 5.98. The first-order chi connectivity index (χ1) is 12.4. The first kappa shape index (κ1) is 19.2. The smallest absolute Gasteiger partial charge is 0.253 e. The predicted molar refractivity (Wildman–Crippen MR) is 103 cm³/mol. The van der Waals surface area contributed by atoms with E-state index in [4.69, 9.17) is 11.6 Å². The topological polar surface area (TPSA) is 43.9 Å². The van der Waals surface area contributed by atoms with Crippen LogP contribution in [0.5, 0.6) is 0 Å². The van der Waals surface area contributed by atoms with Crippen LogP contribution < -0.4 is 0 Å². The monoisotopic (exact) mass is 377 g/mol. The number of nitrogens with zero attached hydrogens (tertiary/aromatic N) is 3. The Hall–Kier alpha value is -1.59. The van der Waals surface area contributed by atoms with E-state index in [2.05, 4.69) is 18.7 Å². The second kappa shape index (κ2) is 8.40. The van der Waals surface area contributed by atoms with Gasteiger partial charge < -0.3 is 9.80 Å². The molecule has 0 aliphatic carbocycles. The number of hydrogen-bond donors (Lipinski definition) is 0. The van der Waals surface area contributed by atoms with E-state index in [1.807, 2.05) is 9.80 Å². The number of likely N-dealkylation sites (tertiary alicyclic amines) is 1. The summed E-state index contributed by atoms with van der Waals surface area (Å²) in [7, 11) is 0. The summed E-state index contributed by atoms with van der Waals surface area (Å²) in [5, 5.41) is 0.574. The zero-order valence-corrected chi connectivity index (χ0v) is 16.4. The molecule has 2 aliphatic rings. The molecule has 3 rings (SSSR count). The van der Waals surface area contributed by atoms with E-state index in [0.29, 0.717) is 42.1 Å². The van der Waals surface area contributed by atoms with Gasteiger partial charge in [0, 0.05) is 49.9 Å². The van der Waals surface area contributed by atoms with E-state index in [-0.39, 0.29) is 11.8 Å². The number of rotatable bonds is 3. The number of halogens is 1. The van der Waals surface area contributed by atoms with Crippen LogP contribution in [0.25, 0.3) is 0 Å². The number of amides is 2. The Bertz CT molecular complexity index is 648. The molecule has 6 heteroatoms. The number of piperidine rings is 1. The molecule has 5 nitrogen and oxygen atoms in total. The molecule has 0 spiro atoms. The molecule has 2 atom stereocenters. The SMILES string of the molecule is CC1CC(C)CN(C(=O)CN2CCN(C(=O)c3cccc(Cl)c3)CC2)C1. The first-order valence-corrected chi connectivity index (χ1v) is 9.85. The minimum atomic E-state index is 0.0113. The van der Waals surface area contributed by atoms with Crippen LogP contribution in [0.2, 0.25) is 5.02 Å². The highest BCUT2D eigenvalue weighted by atomic mass is 35.5. The first-order valence-electron chi connectivity index (χ1n) is 9.47. The third-order valence-corrected chi connectivity index (χ3v) is 5.55. The number of piperazine rings is 1. The van der Waals surface area contributed by atoms with E-state index in [0.717, 1.165) is 26.2 Å². The average molecular weight is 378 g/mol. The molecule has 2 unspecified atom stereocenters. The zero-order valence-electron chi connectivity index (χ0n) is 15.7. The number of hydrogen-bond acceptors (Lipinski definition) is 3. The van der Waals surface area contributed by atoms with Crippen molar-refractivity contribution in [2.75, 3.05) is 45.8 Å². The summed E-state index contributed by atoms with van der Waals surface area (Å²) in [5.74, 6) is 1.39. The van der Waals surface area contributed by atoms with Gasteiger partial charge >= 0.3 is 0 Å². The van der Waals surface area contributed by atoms with Crippen LogP contribution in [-0.4, -0.2) is 72.3 Å². The lowest BCUT2D eigenvalue weighted by atomic mass is 9.92. The van der Waals surface area contributed by atoms with Gasteiger partial charge in [-0.1, -0.05) is 31.5 Å². The van der Waals surface area contributed by atoms with Gasteiger partial charge in [0.2, 0.25) is 5.91 Å². The second-order valence-corrected chi connectivity index (χ2v) is 8.26. The Labute approximate surface area is 160 Å². The third kappa shape index (κ3) is 4.77. The summed E-state index contributed by atoms with van der Waals surface area (Å²) in [5.41, 5.74) is 0.623. The molecule has 2 saturated heterocycles. The molecule has 2 aliphatic heterocycles. The Balaban J connectivity index is 1.49. The summed E-state index contributed by atoms with van der Waals surface area (Å²) in [6, 6.07) is 7.07. The maximum absolute atomic E-state index is 12.6. The van der Waals surface area contributed by atoms with Crippen molar-refractivity contribution < 1.29 is 9.59 Å². The fourth-order valence-electron chi connectivity index (χ4n) is 4.07. The molecule has 26 heavy (non-hydrogen) atoms. The van der Waals surface area contributed by atoms with E-state index in [9.17, 15) is 9.59 Å². The van der Waals surface area contributed by atoms with Gasteiger partial charge in [-0.05, 0) is 36.5 Å². The van der Waals surface area contributed by atoms with Crippen molar-refractivity contribution in [1.82, 2.24) is 14.7 Å². The molecule has 1 aromatic carbocycles. The normalized spacial score (nSPS) is 24.6. The fourth-order valence-corrected chi connectivity index (χ4v) is 4.26. The standard InChI is InChI=1S/C20H28ClN3O2/c1-15-10-16(2)13-24(12-15)19(25)14-22-6-8-23(9-7-22)20(26)17-4-3-5-18(21)11-17/h3-5,11,15-16H,6-10,12-14H2,1-2H3. The second-order valence-electron chi connectivity index (χ2n) is 7.82. The highest BCUT2D eigenvalue weighted by Crippen LogP contribution is 2.21. The van der Waals surface area contributed by atoms with Crippen molar-refractivity contribution in [2.45, 2.75) is 20.3 Å². The predicted octanol–water partition coefficient (Wildman–Crippen LogP) is 2.60. The molecule has 1 aromatic rings. The molecule has 0 saturated carbocycles. The molecule has 0 radical (unpaired) electrons. The van der Waals surface area contributed by atoms with Gasteiger partial charge in [0.15, 0.2) is 0 Å². The van der Waals surface area contributed by atoms with Crippen LogP contribution in [0, 0.1) is 11.8 Å². The number of carbonyl (C=O) groups excluding carboxylic acids is 2. The Morgan fingerprint density at radius 1 is 1.04 bits per heavy atom. The summed E-state index contributed by atoms with van der Waals surface area (Å²) < 4.78 is 0. The third-order valence-electron chi connectivity index (χ3n) is 5.31. The van der Waals surface area contributed by atoms with Crippen LogP contribution in [0.15, 0.2) is 24.3 Å². The van der Waals surface area contributed by atoms with Crippen molar-refractivity contribution in [3.8, 4) is 0 Å². The molecule has 142 valence electrons. The van der Waals surface area contributed by atoms with Gasteiger partial charge in [-0.3, -0.25) is 14.5 Å². The van der Waals surface area contributed by atoms with Crippen LogP contribution in [0.4, 0.5) is 0 Å². The number of carbonyl (C=O) groups is 2. The van der Waals surface area contributed by atoms with Gasteiger partial charge in [-0.15, -0.1) is 0 Å². The van der Waals surface area contributed by atoms with Crippen molar-refractivity contribution in [3.63, 3.8) is 0 Å². The fraction of sp³-hybridized carbons (Fsp3) is 0.600. The number of benzene rings is 1. The van der Waals surface area contributed by atoms with Crippen LogP contribution in [-0.2, 0) is 4.79 Å². The molecular formula is C20H28ClN3O2. The Kier molecular flexibility index (Phi) is 6.20. The van der Waals surface area contributed by atoms with Gasteiger partial charge in [-0.2, -0.15) is 0 Å². The van der Waals surface area contributed by atoms with E-state index < -0.39 is 0 Å². The Morgan fingerprint density at radius 3 is 2.31 bits per heavy atom. The lowest BCUT2D eigenvalue weighted by molar-refractivity contribution is -0.135. The van der Waals surface area contributed by atoms with Crippen molar-refractivity contribution >= 4 is 23.4 Å². The molecular weight excluding hydrogens is 350 g/mol. The summed E-state index contributed by atoms with van der Waals surface area (Å²) in [6.45, 7) is 9.39. The van der Waals surface area contributed by atoms with Gasteiger partial charge in [0.05, 0.1) is 6.54 Å². The average Bonchev–Trinajstić information content (AvgIpc) is 2.61. The van der Waals surface area contributed by atoms with Crippen molar-refractivity contribution in [3.05, 3.63) is 34.9 Å². The molecule has 0 N–H and O–H groups in total. The van der Waals surface area contributed by atoms with Crippen LogP contribution in [0.3, 0.4) is 0 Å². The van der Waals surface area contributed by atoms with E-state index >= 15 is 0 Å². The van der Waals surface area contributed by atoms with Gasteiger partial charge in [0.1, 0.15) is 0 Å². The molecule has 2 fully saturated rings. The molecule has 2 heterocycles. The molecule has 0 bridgehead atoms. The molecule has 0 aromatic heterocycles. The lowest BCUT2D eigenvalue weighted by Crippen LogP contribution is -2.53. The van der Waals surface area contributed by atoms with Crippen LogP contribution in [0.1, 0.15) is 30.6 Å². The maximum Gasteiger partial charge on any atom is 0.253 e. The lowest BCUT2D eigenvalue weighted by Gasteiger charge is -2.38. The minimum absolute atomic E-state index is 0.0113. The van der Waals surface area contributed by atoms with E-state index in [1.54, 1.807) is 24.3 Å². The Morgan fingerprint density at radius 2 is 1.69 bits per heavy atom. The highest BCUT2D eigenvalue weighted by Gasteiger charge is 2.28. The molecule has 2 amide bonds.